The van der Waals surface area contributed by atoms with Crippen LogP contribution in [0.5, 0.6) is 11.5 Å². The summed E-state index contributed by atoms with van der Waals surface area (Å²) < 4.78 is 11.8. The minimum Gasteiger partial charge on any atom is -0.486 e. The van der Waals surface area contributed by atoms with Gasteiger partial charge in [-0.05, 0) is 37.1 Å². The van der Waals surface area contributed by atoms with E-state index in [2.05, 4.69) is 29.6 Å². The molecule has 1 amide bonds. The van der Waals surface area contributed by atoms with Crippen molar-refractivity contribution in [3.05, 3.63) is 60.2 Å². The number of nitrogens with one attached hydrogen (secondary N) is 1. The first-order chi connectivity index (χ1) is 13.3. The fourth-order valence-corrected chi connectivity index (χ4v) is 3.81. The molecule has 0 bridgehead atoms. The van der Waals surface area contributed by atoms with Gasteiger partial charge in [-0.2, -0.15) is 0 Å². The van der Waals surface area contributed by atoms with Crippen molar-refractivity contribution in [3.63, 3.8) is 0 Å². The van der Waals surface area contributed by atoms with Gasteiger partial charge in [0.05, 0.1) is 6.54 Å². The summed E-state index contributed by atoms with van der Waals surface area (Å²) in [5.41, 5.74) is 1.28. The van der Waals surface area contributed by atoms with Gasteiger partial charge in [-0.15, -0.1) is 0 Å². The number of rotatable bonds is 7. The molecule has 5 nitrogen and oxygen atoms in total. The summed E-state index contributed by atoms with van der Waals surface area (Å²) in [7, 11) is 0. The molecule has 2 aromatic rings. The number of fused-ring (bicyclic) bond motifs is 1. The smallest absolute Gasteiger partial charge is 0.223 e. The molecule has 2 aliphatic heterocycles. The fraction of sp³-hybridized carbons (Fsp3) is 0.409. The molecule has 0 saturated carbocycles. The maximum atomic E-state index is 12.4. The first-order valence-corrected chi connectivity index (χ1v) is 9.72. The van der Waals surface area contributed by atoms with Crippen molar-refractivity contribution in [2.24, 2.45) is 0 Å². The summed E-state index contributed by atoms with van der Waals surface area (Å²) in [6.07, 6.45) is 2.41. The predicted molar refractivity (Wildman–Crippen MR) is 104 cm³/mol. The molecule has 142 valence electrons. The lowest BCUT2D eigenvalue weighted by atomic mass is 10.1. The number of amides is 1. The van der Waals surface area contributed by atoms with Gasteiger partial charge in [0.15, 0.2) is 17.6 Å². The van der Waals surface area contributed by atoms with E-state index in [0.717, 1.165) is 37.4 Å². The van der Waals surface area contributed by atoms with E-state index in [1.165, 1.54) is 5.56 Å². The number of likely N-dealkylation sites (tertiary alicyclic amines) is 1. The van der Waals surface area contributed by atoms with E-state index >= 15 is 0 Å². The van der Waals surface area contributed by atoms with Crippen molar-refractivity contribution in [3.8, 4) is 11.5 Å². The molecular weight excluding hydrogens is 340 g/mol. The van der Waals surface area contributed by atoms with Crippen molar-refractivity contribution in [1.29, 1.82) is 0 Å². The molecule has 1 N–H and O–H groups in total. The second-order valence-electron chi connectivity index (χ2n) is 7.19. The van der Waals surface area contributed by atoms with Crippen LogP contribution in [0.15, 0.2) is 54.6 Å². The average molecular weight is 366 g/mol. The zero-order valence-electron chi connectivity index (χ0n) is 15.5. The summed E-state index contributed by atoms with van der Waals surface area (Å²) in [4.78, 5) is 14.4. The van der Waals surface area contributed by atoms with Crippen LogP contribution in [0.4, 0.5) is 0 Å². The second kappa shape index (κ2) is 8.44. The Bertz CT molecular complexity index is 765. The molecule has 0 aromatic heterocycles. The van der Waals surface area contributed by atoms with Gasteiger partial charge in [0.1, 0.15) is 6.61 Å². The summed E-state index contributed by atoms with van der Waals surface area (Å²) in [5.74, 6) is 1.77. The summed E-state index contributed by atoms with van der Waals surface area (Å²) in [6, 6.07) is 18.4. The highest BCUT2D eigenvalue weighted by Gasteiger charge is 2.34. The van der Waals surface area contributed by atoms with E-state index in [1.54, 1.807) is 0 Å². The summed E-state index contributed by atoms with van der Waals surface area (Å²) in [6.45, 7) is 2.84. The Hall–Kier alpha value is -2.53. The van der Waals surface area contributed by atoms with Crippen LogP contribution in [0.3, 0.4) is 0 Å². The molecule has 2 heterocycles. The molecule has 0 spiro atoms. The van der Waals surface area contributed by atoms with Gasteiger partial charge in [0.25, 0.3) is 0 Å². The van der Waals surface area contributed by atoms with Crippen LogP contribution in [-0.2, 0) is 11.3 Å². The number of ether oxygens (including phenoxy) is 2. The van der Waals surface area contributed by atoms with Crippen molar-refractivity contribution in [2.75, 3.05) is 19.7 Å². The van der Waals surface area contributed by atoms with Gasteiger partial charge >= 0.3 is 0 Å². The molecule has 0 aliphatic carbocycles. The fourth-order valence-electron chi connectivity index (χ4n) is 3.81. The topological polar surface area (TPSA) is 50.8 Å². The normalized spacial score (nSPS) is 21.5. The van der Waals surface area contributed by atoms with Crippen molar-refractivity contribution in [2.45, 2.75) is 38.0 Å². The maximum Gasteiger partial charge on any atom is 0.223 e. The first kappa shape index (κ1) is 17.9. The number of carbonyl (C=O) groups excluding carboxylic acids is 1. The number of benzene rings is 2. The zero-order chi connectivity index (χ0) is 18.5. The van der Waals surface area contributed by atoms with Crippen molar-refractivity contribution in [1.82, 2.24) is 10.2 Å². The van der Waals surface area contributed by atoms with Gasteiger partial charge in [0, 0.05) is 19.0 Å². The Morgan fingerprint density at radius 3 is 2.67 bits per heavy atom. The van der Waals surface area contributed by atoms with Crippen LogP contribution in [0.25, 0.3) is 0 Å². The molecule has 2 aliphatic rings. The van der Waals surface area contributed by atoms with E-state index in [0.29, 0.717) is 19.6 Å². The van der Waals surface area contributed by atoms with Crippen LogP contribution >= 0.6 is 0 Å². The molecule has 5 heteroatoms. The molecule has 1 saturated heterocycles. The van der Waals surface area contributed by atoms with E-state index in [9.17, 15) is 4.79 Å². The Morgan fingerprint density at radius 2 is 1.81 bits per heavy atom. The average Bonchev–Trinajstić information content (AvgIpc) is 3.05. The van der Waals surface area contributed by atoms with Gasteiger partial charge in [-0.3, -0.25) is 4.79 Å². The number of para-hydroxylation sites is 2. The lowest BCUT2D eigenvalue weighted by Crippen LogP contribution is -2.45. The predicted octanol–water partition coefficient (Wildman–Crippen LogP) is 3.00. The summed E-state index contributed by atoms with van der Waals surface area (Å²) in [5, 5.41) is 3.49. The third kappa shape index (κ3) is 4.42. The molecule has 0 radical (unpaired) electrons. The third-order valence-electron chi connectivity index (χ3n) is 5.25. The van der Waals surface area contributed by atoms with E-state index < -0.39 is 0 Å². The van der Waals surface area contributed by atoms with Crippen molar-refractivity contribution >= 4 is 5.91 Å². The Morgan fingerprint density at radius 1 is 1.04 bits per heavy atom. The Labute approximate surface area is 160 Å². The minimum atomic E-state index is -0.110. The van der Waals surface area contributed by atoms with Crippen LogP contribution in [0, 0.1) is 0 Å². The lowest BCUT2D eigenvalue weighted by Gasteiger charge is -2.32. The van der Waals surface area contributed by atoms with Crippen LogP contribution in [0.1, 0.15) is 24.8 Å². The van der Waals surface area contributed by atoms with E-state index in [1.807, 2.05) is 35.2 Å². The highest BCUT2D eigenvalue weighted by molar-refractivity contribution is 5.78. The number of hydrogen-bond donors (Lipinski definition) is 1. The number of carbonyl (C=O) groups is 1. The largest absolute Gasteiger partial charge is 0.486 e. The molecule has 1 fully saturated rings. The zero-order valence-corrected chi connectivity index (χ0v) is 15.5. The van der Waals surface area contributed by atoms with E-state index in [-0.39, 0.29) is 18.1 Å². The molecule has 27 heavy (non-hydrogen) atoms. The lowest BCUT2D eigenvalue weighted by molar-refractivity contribution is -0.130. The maximum absolute atomic E-state index is 12.4. The molecule has 2 aromatic carbocycles. The quantitative estimate of drug-likeness (QED) is 0.766. The SMILES string of the molecule is O=C1CC[C@@H](CCNCc2ccccc2)N1C[C@H]1COc2ccccc2O1. The first-order valence-electron chi connectivity index (χ1n) is 9.72. The van der Waals surface area contributed by atoms with Gasteiger partial charge < -0.3 is 19.7 Å². The van der Waals surface area contributed by atoms with Crippen LogP contribution in [0.2, 0.25) is 0 Å². The highest BCUT2D eigenvalue weighted by atomic mass is 16.6. The Balaban J connectivity index is 1.27. The molecular formula is C22H26N2O3. The van der Waals surface area contributed by atoms with Crippen LogP contribution in [-0.4, -0.2) is 42.6 Å². The summed E-state index contributed by atoms with van der Waals surface area (Å²) >= 11 is 0. The molecule has 0 unspecified atom stereocenters. The number of hydrogen-bond acceptors (Lipinski definition) is 4. The highest BCUT2D eigenvalue weighted by Crippen LogP contribution is 2.32. The van der Waals surface area contributed by atoms with Gasteiger partial charge in [0.2, 0.25) is 5.91 Å². The minimum absolute atomic E-state index is 0.110. The van der Waals surface area contributed by atoms with Crippen LogP contribution < -0.4 is 14.8 Å². The number of nitrogens with zero attached hydrogens (tertiary/aromatic N) is 1. The van der Waals surface area contributed by atoms with E-state index in [4.69, 9.17) is 9.47 Å². The van der Waals surface area contributed by atoms with Gasteiger partial charge in [-0.1, -0.05) is 42.5 Å². The second-order valence-corrected chi connectivity index (χ2v) is 7.19. The van der Waals surface area contributed by atoms with Crippen molar-refractivity contribution < 1.29 is 14.3 Å². The third-order valence-corrected chi connectivity index (χ3v) is 5.25. The molecule has 4 rings (SSSR count). The monoisotopic (exact) mass is 366 g/mol. The molecule has 2 atom stereocenters. The Kier molecular flexibility index (Phi) is 5.58. The standard InChI is InChI=1S/C22H26N2O3/c25-22-11-10-18(12-13-23-14-17-6-2-1-3-7-17)24(22)15-19-16-26-20-8-4-5-9-21(20)27-19/h1-9,18-19,23H,10-16H2/t18-,19-/m0/s1. The van der Waals surface area contributed by atoms with Gasteiger partial charge in [-0.25, -0.2) is 0 Å².